The van der Waals surface area contributed by atoms with Gasteiger partial charge in [0, 0.05) is 0 Å². The average Bonchev–Trinajstić information content (AvgIpc) is 2.53. The predicted molar refractivity (Wildman–Crippen MR) is 84.6 cm³/mol. The zero-order valence-electron chi connectivity index (χ0n) is 12.8. The lowest BCUT2D eigenvalue weighted by Crippen LogP contribution is -2.36. The maximum Gasteiger partial charge on any atom is 0.123 e. The van der Waals surface area contributed by atoms with E-state index < -0.39 is 0 Å². The summed E-state index contributed by atoms with van der Waals surface area (Å²) in [7, 11) is 0. The fraction of sp³-hybridized carbons (Fsp3) is 0.368. The highest BCUT2D eigenvalue weighted by atomic mass is 19.1. The van der Waals surface area contributed by atoms with Crippen LogP contribution in [-0.4, -0.2) is 18.0 Å². The summed E-state index contributed by atoms with van der Waals surface area (Å²) in [5.74, 6) is 0.293. The molecule has 2 aromatic carbocycles. The van der Waals surface area contributed by atoms with Crippen molar-refractivity contribution in [2.24, 2.45) is 5.92 Å². The molecule has 0 unspecified atom stereocenters. The maximum atomic E-state index is 13.2. The molecule has 1 fully saturated rings. The lowest BCUT2D eigenvalue weighted by Gasteiger charge is -2.37. The van der Waals surface area contributed by atoms with E-state index in [1.807, 2.05) is 24.3 Å². The second-order valence-electron chi connectivity index (χ2n) is 6.22. The highest BCUT2D eigenvalue weighted by Crippen LogP contribution is 2.32. The van der Waals surface area contributed by atoms with Gasteiger partial charge >= 0.3 is 0 Å². The first-order valence-corrected chi connectivity index (χ1v) is 7.88. The molecule has 1 aliphatic heterocycles. The second kappa shape index (κ2) is 6.57. The first-order valence-electron chi connectivity index (χ1n) is 7.88. The van der Waals surface area contributed by atoms with Crippen molar-refractivity contribution < 1.29 is 8.78 Å². The van der Waals surface area contributed by atoms with Gasteiger partial charge in [0.15, 0.2) is 0 Å². The number of halogens is 2. The van der Waals surface area contributed by atoms with Crippen LogP contribution < -0.4 is 0 Å². The molecular formula is C19H21F2N. The highest BCUT2D eigenvalue weighted by Gasteiger charge is 2.26. The topological polar surface area (TPSA) is 3.24 Å². The summed E-state index contributed by atoms with van der Waals surface area (Å²) in [5, 5.41) is 0. The first-order chi connectivity index (χ1) is 10.6. The molecule has 1 saturated heterocycles. The molecule has 2 aromatic rings. The number of nitrogens with zero attached hydrogens (tertiary/aromatic N) is 1. The van der Waals surface area contributed by atoms with Crippen molar-refractivity contribution in [1.29, 1.82) is 0 Å². The summed E-state index contributed by atoms with van der Waals surface area (Å²) in [6.07, 6.45) is 2.33. The molecule has 0 bridgehead atoms. The third kappa shape index (κ3) is 3.36. The number of hydrogen-bond donors (Lipinski definition) is 0. The monoisotopic (exact) mass is 301 g/mol. The summed E-state index contributed by atoms with van der Waals surface area (Å²) >= 11 is 0. The van der Waals surface area contributed by atoms with Gasteiger partial charge in [0.25, 0.3) is 0 Å². The second-order valence-corrected chi connectivity index (χ2v) is 6.22. The zero-order valence-corrected chi connectivity index (χ0v) is 12.8. The molecule has 0 N–H and O–H groups in total. The van der Waals surface area contributed by atoms with Gasteiger partial charge in [-0.25, -0.2) is 8.78 Å². The fourth-order valence-electron chi connectivity index (χ4n) is 3.19. The van der Waals surface area contributed by atoms with E-state index in [9.17, 15) is 8.78 Å². The van der Waals surface area contributed by atoms with Gasteiger partial charge in [0.05, 0.1) is 6.04 Å². The van der Waals surface area contributed by atoms with Crippen LogP contribution in [0.3, 0.4) is 0 Å². The number of piperidine rings is 1. The molecule has 22 heavy (non-hydrogen) atoms. The summed E-state index contributed by atoms with van der Waals surface area (Å²) in [4.78, 5) is 2.42. The van der Waals surface area contributed by atoms with Gasteiger partial charge in [-0.05, 0) is 67.2 Å². The molecule has 0 atom stereocenters. The van der Waals surface area contributed by atoms with Crippen molar-refractivity contribution in [1.82, 2.24) is 4.90 Å². The minimum absolute atomic E-state index is 0.0636. The van der Waals surface area contributed by atoms with Crippen LogP contribution in [0.4, 0.5) is 8.78 Å². The Morgan fingerprint density at radius 3 is 1.64 bits per heavy atom. The largest absolute Gasteiger partial charge is 0.292 e. The molecule has 1 nitrogen and oxygen atoms in total. The van der Waals surface area contributed by atoms with Gasteiger partial charge in [-0.3, -0.25) is 4.90 Å². The summed E-state index contributed by atoms with van der Waals surface area (Å²) < 4.78 is 26.5. The van der Waals surface area contributed by atoms with Crippen LogP contribution in [0.1, 0.15) is 36.9 Å². The van der Waals surface area contributed by atoms with Crippen LogP contribution in [0, 0.1) is 17.6 Å². The van der Waals surface area contributed by atoms with E-state index in [1.54, 1.807) is 0 Å². The Kier molecular flexibility index (Phi) is 4.53. The van der Waals surface area contributed by atoms with Crippen LogP contribution in [0.5, 0.6) is 0 Å². The zero-order chi connectivity index (χ0) is 15.5. The SMILES string of the molecule is CC1CCN(C(c2ccc(F)cc2)c2ccc(F)cc2)CC1. The lowest BCUT2D eigenvalue weighted by atomic mass is 9.92. The number of benzene rings is 2. The Labute approximate surface area is 130 Å². The lowest BCUT2D eigenvalue weighted by molar-refractivity contribution is 0.157. The molecule has 116 valence electrons. The summed E-state index contributed by atoms with van der Waals surface area (Å²) in [6.45, 7) is 4.31. The standard InChI is InChI=1S/C19H21F2N/c1-14-10-12-22(13-11-14)19(15-2-6-17(20)7-3-15)16-4-8-18(21)9-5-16/h2-9,14,19H,10-13H2,1H3. The van der Waals surface area contributed by atoms with E-state index in [0.29, 0.717) is 0 Å². The van der Waals surface area contributed by atoms with Crippen LogP contribution in [-0.2, 0) is 0 Å². The summed E-state index contributed by atoms with van der Waals surface area (Å²) in [6, 6.07) is 13.4. The normalized spacial score (nSPS) is 17.1. The van der Waals surface area contributed by atoms with Crippen LogP contribution in [0.25, 0.3) is 0 Å². The summed E-state index contributed by atoms with van der Waals surface area (Å²) in [5.41, 5.74) is 2.12. The number of likely N-dealkylation sites (tertiary alicyclic amines) is 1. The van der Waals surface area contributed by atoms with Crippen LogP contribution in [0.15, 0.2) is 48.5 Å². The van der Waals surface area contributed by atoms with E-state index in [1.165, 1.54) is 37.1 Å². The molecule has 0 saturated carbocycles. The van der Waals surface area contributed by atoms with Crippen molar-refractivity contribution in [3.63, 3.8) is 0 Å². The minimum atomic E-state index is -0.228. The molecule has 0 spiro atoms. The Hall–Kier alpha value is -1.74. The molecule has 0 amide bonds. The quantitative estimate of drug-likeness (QED) is 0.788. The molecule has 1 heterocycles. The number of hydrogen-bond acceptors (Lipinski definition) is 1. The van der Waals surface area contributed by atoms with Crippen molar-refractivity contribution >= 4 is 0 Å². The molecular weight excluding hydrogens is 280 g/mol. The molecule has 3 heteroatoms. The smallest absolute Gasteiger partial charge is 0.123 e. The molecule has 1 aliphatic rings. The van der Waals surface area contributed by atoms with Gasteiger partial charge < -0.3 is 0 Å². The molecule has 3 rings (SSSR count). The van der Waals surface area contributed by atoms with E-state index in [-0.39, 0.29) is 17.7 Å². The van der Waals surface area contributed by atoms with E-state index in [2.05, 4.69) is 11.8 Å². The third-order valence-electron chi connectivity index (χ3n) is 4.55. The third-order valence-corrected chi connectivity index (χ3v) is 4.55. The van der Waals surface area contributed by atoms with Gasteiger partial charge in [0.2, 0.25) is 0 Å². The van der Waals surface area contributed by atoms with Gasteiger partial charge in [-0.15, -0.1) is 0 Å². The van der Waals surface area contributed by atoms with Crippen molar-refractivity contribution in [3.8, 4) is 0 Å². The molecule has 0 aliphatic carbocycles. The predicted octanol–water partition coefficient (Wildman–Crippen LogP) is 4.79. The molecule has 0 aromatic heterocycles. The van der Waals surface area contributed by atoms with Crippen molar-refractivity contribution in [2.75, 3.05) is 13.1 Å². The van der Waals surface area contributed by atoms with E-state index in [0.717, 1.165) is 30.1 Å². The van der Waals surface area contributed by atoms with Crippen molar-refractivity contribution in [2.45, 2.75) is 25.8 Å². The van der Waals surface area contributed by atoms with Gasteiger partial charge in [-0.1, -0.05) is 31.2 Å². The van der Waals surface area contributed by atoms with Crippen LogP contribution in [0.2, 0.25) is 0 Å². The molecule has 0 radical (unpaired) electrons. The van der Waals surface area contributed by atoms with Gasteiger partial charge in [-0.2, -0.15) is 0 Å². The Morgan fingerprint density at radius 2 is 1.23 bits per heavy atom. The Bertz CT molecular complexity index is 553. The van der Waals surface area contributed by atoms with Crippen LogP contribution >= 0.6 is 0 Å². The highest BCUT2D eigenvalue weighted by molar-refractivity contribution is 5.32. The average molecular weight is 301 g/mol. The number of rotatable bonds is 3. The maximum absolute atomic E-state index is 13.2. The van der Waals surface area contributed by atoms with E-state index in [4.69, 9.17) is 0 Å². The minimum Gasteiger partial charge on any atom is -0.292 e. The fourth-order valence-corrected chi connectivity index (χ4v) is 3.19. The van der Waals surface area contributed by atoms with Crippen molar-refractivity contribution in [3.05, 3.63) is 71.3 Å². The Morgan fingerprint density at radius 1 is 0.818 bits per heavy atom. The van der Waals surface area contributed by atoms with Gasteiger partial charge in [0.1, 0.15) is 11.6 Å². The van der Waals surface area contributed by atoms with E-state index >= 15 is 0 Å². The first kappa shape index (κ1) is 15.2. The Balaban J connectivity index is 1.94.